The van der Waals surface area contributed by atoms with Gasteiger partial charge in [0, 0.05) is 24.1 Å². The lowest BCUT2D eigenvalue weighted by Gasteiger charge is -2.22. The van der Waals surface area contributed by atoms with Gasteiger partial charge in [0.1, 0.15) is 5.82 Å². The Hall–Kier alpha value is -3.01. The summed E-state index contributed by atoms with van der Waals surface area (Å²) in [6.07, 6.45) is 1.67. The fourth-order valence-electron chi connectivity index (χ4n) is 4.30. The summed E-state index contributed by atoms with van der Waals surface area (Å²) in [4.78, 5) is 17.1. The number of sulfonamides is 1. The van der Waals surface area contributed by atoms with Crippen molar-refractivity contribution in [1.29, 1.82) is 0 Å². The van der Waals surface area contributed by atoms with E-state index in [1.54, 1.807) is 49.4 Å². The highest BCUT2D eigenvalue weighted by Crippen LogP contribution is 2.34. The minimum absolute atomic E-state index is 0.123. The molecule has 1 amide bonds. The molecule has 2 heterocycles. The van der Waals surface area contributed by atoms with Crippen molar-refractivity contribution in [3.63, 3.8) is 0 Å². The zero-order chi connectivity index (χ0) is 23.2. The van der Waals surface area contributed by atoms with Crippen molar-refractivity contribution in [2.45, 2.75) is 38.8 Å². The first-order valence-electron chi connectivity index (χ1n) is 10.2. The summed E-state index contributed by atoms with van der Waals surface area (Å²) in [6, 6.07) is 11.4. The molecule has 7 nitrogen and oxygen atoms in total. The van der Waals surface area contributed by atoms with Gasteiger partial charge in [-0.1, -0.05) is 19.1 Å². The highest BCUT2D eigenvalue weighted by Gasteiger charge is 2.33. The molecule has 4 rings (SSSR count). The minimum Gasteiger partial charge on any atom is -0.351 e. The molecule has 0 spiro atoms. The Labute approximate surface area is 185 Å². The van der Waals surface area contributed by atoms with Crippen LogP contribution in [0.15, 0.2) is 42.5 Å². The molecule has 1 N–H and O–H groups in total. The van der Waals surface area contributed by atoms with Crippen LogP contribution in [0.1, 0.15) is 48.1 Å². The van der Waals surface area contributed by atoms with Gasteiger partial charge in [0.15, 0.2) is 0 Å². The van der Waals surface area contributed by atoms with Gasteiger partial charge < -0.3 is 5.32 Å². The van der Waals surface area contributed by atoms with Gasteiger partial charge in [0.2, 0.25) is 10.0 Å². The standard InChI is InChI=1S/C22H24F2N4O3S/c1-13(20-26-17-6-4-5-7-19(17)27(20)22(23)24)12-25-21(29)15-8-9-18-16(11-15)10-14(2)28(18)32(3,30)31/h4-9,11,13-14,22H,10,12H2,1-3H3,(H,25,29). The molecular formula is C22H24F2N4O3S. The number of halogens is 2. The lowest BCUT2D eigenvalue weighted by Crippen LogP contribution is -2.34. The molecule has 170 valence electrons. The van der Waals surface area contributed by atoms with Crippen LogP contribution >= 0.6 is 0 Å². The zero-order valence-corrected chi connectivity index (χ0v) is 18.7. The van der Waals surface area contributed by atoms with Gasteiger partial charge in [-0.25, -0.2) is 13.4 Å². The number of carbonyl (C=O) groups is 1. The molecule has 0 fully saturated rings. The number of carbonyl (C=O) groups excluding carboxylic acids is 1. The second kappa shape index (κ2) is 8.16. The molecule has 2 unspecified atom stereocenters. The maximum atomic E-state index is 13.7. The van der Waals surface area contributed by atoms with Crippen molar-refractivity contribution in [1.82, 2.24) is 14.9 Å². The van der Waals surface area contributed by atoms with Crippen LogP contribution in [0.2, 0.25) is 0 Å². The van der Waals surface area contributed by atoms with Crippen LogP contribution in [0.4, 0.5) is 14.5 Å². The van der Waals surface area contributed by atoms with Gasteiger partial charge in [0.25, 0.3) is 5.91 Å². The number of hydrogen-bond acceptors (Lipinski definition) is 4. The monoisotopic (exact) mass is 462 g/mol. The maximum Gasteiger partial charge on any atom is 0.320 e. The molecule has 0 radical (unpaired) electrons. The number of rotatable bonds is 6. The number of hydrogen-bond donors (Lipinski definition) is 1. The molecule has 32 heavy (non-hydrogen) atoms. The molecule has 0 saturated heterocycles. The van der Waals surface area contributed by atoms with E-state index in [1.807, 2.05) is 6.92 Å². The van der Waals surface area contributed by atoms with E-state index in [9.17, 15) is 22.0 Å². The van der Waals surface area contributed by atoms with Crippen molar-refractivity contribution < 1.29 is 22.0 Å². The predicted molar refractivity (Wildman–Crippen MR) is 119 cm³/mol. The number of fused-ring (bicyclic) bond motifs is 2. The molecule has 1 aliphatic heterocycles. The number of benzene rings is 2. The molecule has 2 aromatic carbocycles. The Morgan fingerprint density at radius 1 is 1.25 bits per heavy atom. The number of nitrogens with zero attached hydrogens (tertiary/aromatic N) is 3. The first-order chi connectivity index (χ1) is 15.1. The largest absolute Gasteiger partial charge is 0.351 e. The van der Waals surface area contributed by atoms with Crippen molar-refractivity contribution in [3.8, 4) is 0 Å². The Bertz CT molecular complexity index is 1290. The minimum atomic E-state index is -3.41. The third kappa shape index (κ3) is 3.94. The van der Waals surface area contributed by atoms with E-state index in [-0.39, 0.29) is 24.3 Å². The van der Waals surface area contributed by atoms with E-state index in [4.69, 9.17) is 0 Å². The fraction of sp³-hybridized carbons (Fsp3) is 0.364. The lowest BCUT2D eigenvalue weighted by atomic mass is 10.1. The van der Waals surface area contributed by atoms with Crippen LogP contribution < -0.4 is 9.62 Å². The molecule has 1 aliphatic rings. The summed E-state index contributed by atoms with van der Waals surface area (Å²) in [5, 5.41) is 2.78. The van der Waals surface area contributed by atoms with Crippen molar-refractivity contribution in [2.75, 3.05) is 17.1 Å². The third-order valence-corrected chi connectivity index (χ3v) is 6.95. The van der Waals surface area contributed by atoms with Gasteiger partial charge in [-0.05, 0) is 49.2 Å². The van der Waals surface area contributed by atoms with Crippen LogP contribution in [0, 0.1) is 0 Å². The molecule has 0 bridgehead atoms. The van der Waals surface area contributed by atoms with E-state index < -0.39 is 22.5 Å². The van der Waals surface area contributed by atoms with Gasteiger partial charge in [0.05, 0.1) is 23.0 Å². The SMILES string of the molecule is CC(CNC(=O)c1ccc2c(c1)CC(C)N2S(C)(=O)=O)c1nc2ccccc2n1C(F)F. The van der Waals surface area contributed by atoms with Crippen LogP contribution in [0.25, 0.3) is 11.0 Å². The summed E-state index contributed by atoms with van der Waals surface area (Å²) >= 11 is 0. The molecule has 1 aromatic heterocycles. The van der Waals surface area contributed by atoms with Crippen LogP contribution in [-0.2, 0) is 16.4 Å². The second-order valence-corrected chi connectivity index (χ2v) is 10.0. The van der Waals surface area contributed by atoms with Crippen molar-refractivity contribution in [2.24, 2.45) is 0 Å². The molecule has 3 aromatic rings. The number of alkyl halides is 2. The number of nitrogens with one attached hydrogen (secondary N) is 1. The van der Waals surface area contributed by atoms with Gasteiger partial charge >= 0.3 is 6.55 Å². The van der Waals surface area contributed by atoms with E-state index in [0.717, 1.165) is 16.4 Å². The first-order valence-corrected chi connectivity index (χ1v) is 12.1. The zero-order valence-electron chi connectivity index (χ0n) is 17.9. The average Bonchev–Trinajstić information content (AvgIpc) is 3.27. The smallest absolute Gasteiger partial charge is 0.320 e. The summed E-state index contributed by atoms with van der Waals surface area (Å²) in [7, 11) is -3.41. The number of amides is 1. The highest BCUT2D eigenvalue weighted by atomic mass is 32.2. The number of aromatic nitrogens is 2. The Balaban J connectivity index is 1.51. The molecule has 0 aliphatic carbocycles. The van der Waals surface area contributed by atoms with E-state index in [2.05, 4.69) is 10.3 Å². The molecule has 10 heteroatoms. The average molecular weight is 463 g/mol. The molecule has 0 saturated carbocycles. The molecule has 2 atom stereocenters. The molecular weight excluding hydrogens is 438 g/mol. The van der Waals surface area contributed by atoms with Gasteiger partial charge in [-0.3, -0.25) is 13.7 Å². The van der Waals surface area contributed by atoms with E-state index in [1.165, 1.54) is 4.31 Å². The van der Waals surface area contributed by atoms with Crippen molar-refractivity contribution >= 4 is 32.7 Å². The van der Waals surface area contributed by atoms with E-state index >= 15 is 0 Å². The summed E-state index contributed by atoms with van der Waals surface area (Å²) in [5.74, 6) is -0.603. The van der Waals surface area contributed by atoms with Gasteiger partial charge in [-0.15, -0.1) is 0 Å². The Morgan fingerprint density at radius 2 is 1.97 bits per heavy atom. The highest BCUT2D eigenvalue weighted by molar-refractivity contribution is 7.92. The maximum absolute atomic E-state index is 13.7. The quantitative estimate of drug-likeness (QED) is 0.606. The summed E-state index contributed by atoms with van der Waals surface area (Å²) in [6.45, 7) is 0.927. The normalized spacial score (nSPS) is 17.1. The predicted octanol–water partition coefficient (Wildman–Crippen LogP) is 3.68. The van der Waals surface area contributed by atoms with Crippen LogP contribution in [0.3, 0.4) is 0 Å². The number of para-hydroxylation sites is 2. The fourth-order valence-corrected chi connectivity index (χ4v) is 5.57. The van der Waals surface area contributed by atoms with E-state index in [0.29, 0.717) is 28.7 Å². The Kier molecular flexibility index (Phi) is 5.66. The Morgan fingerprint density at radius 3 is 2.66 bits per heavy atom. The lowest BCUT2D eigenvalue weighted by molar-refractivity contribution is 0.0704. The van der Waals surface area contributed by atoms with Crippen LogP contribution in [-0.4, -0.2) is 42.7 Å². The van der Waals surface area contributed by atoms with Crippen molar-refractivity contribution in [3.05, 3.63) is 59.4 Å². The third-order valence-electron chi connectivity index (χ3n) is 5.68. The second-order valence-electron chi connectivity index (χ2n) is 8.17. The summed E-state index contributed by atoms with van der Waals surface area (Å²) in [5.41, 5.74) is 2.57. The van der Waals surface area contributed by atoms with Crippen LogP contribution in [0.5, 0.6) is 0 Å². The summed E-state index contributed by atoms with van der Waals surface area (Å²) < 4.78 is 53.7. The number of anilines is 1. The topological polar surface area (TPSA) is 84.3 Å². The number of imidazole rings is 1. The van der Waals surface area contributed by atoms with Gasteiger partial charge in [-0.2, -0.15) is 8.78 Å². The first kappa shape index (κ1) is 22.2.